The second-order valence-corrected chi connectivity index (χ2v) is 3.88. The van der Waals surface area contributed by atoms with Crippen molar-refractivity contribution in [3.8, 4) is 0 Å². The van der Waals surface area contributed by atoms with Crippen LogP contribution in [0.4, 0.5) is 13.2 Å². The van der Waals surface area contributed by atoms with E-state index in [1.165, 1.54) is 7.11 Å². The van der Waals surface area contributed by atoms with Gasteiger partial charge in [0.25, 0.3) is 0 Å². The van der Waals surface area contributed by atoms with E-state index in [1.807, 2.05) is 0 Å². The average molecular weight is 241 g/mol. The average Bonchev–Trinajstić information content (AvgIpc) is 2.14. The molecule has 0 aromatic carbocycles. The third kappa shape index (κ3) is 7.50. The summed E-state index contributed by atoms with van der Waals surface area (Å²) in [6, 6.07) is -0.142. The van der Waals surface area contributed by atoms with Crippen LogP contribution in [0, 0.1) is 5.92 Å². The Labute approximate surface area is 93.3 Å². The molecule has 1 N–H and O–H groups in total. The number of nitrogens with one attached hydrogen (secondary N) is 1. The van der Waals surface area contributed by atoms with E-state index >= 15 is 0 Å². The van der Waals surface area contributed by atoms with Gasteiger partial charge in [-0.05, 0) is 13.3 Å². The van der Waals surface area contributed by atoms with E-state index in [0.717, 1.165) is 0 Å². The van der Waals surface area contributed by atoms with Crippen molar-refractivity contribution in [3.63, 3.8) is 0 Å². The maximum absolute atomic E-state index is 11.8. The summed E-state index contributed by atoms with van der Waals surface area (Å²) in [4.78, 5) is 11.1. The first-order chi connectivity index (χ1) is 7.26. The number of halogens is 3. The fourth-order valence-corrected chi connectivity index (χ4v) is 1.37. The lowest BCUT2D eigenvalue weighted by atomic mass is 10.0. The van der Waals surface area contributed by atoms with Gasteiger partial charge in [0.2, 0.25) is 0 Å². The van der Waals surface area contributed by atoms with Crippen molar-refractivity contribution in [3.05, 3.63) is 0 Å². The van der Waals surface area contributed by atoms with Crippen LogP contribution >= 0.6 is 0 Å². The Morgan fingerprint density at radius 2 is 1.94 bits per heavy atom. The van der Waals surface area contributed by atoms with Crippen LogP contribution in [-0.4, -0.2) is 31.8 Å². The predicted octanol–water partition coefficient (Wildman–Crippen LogP) is 2.12. The molecule has 0 bridgehead atoms. The van der Waals surface area contributed by atoms with Crippen molar-refractivity contribution in [2.45, 2.75) is 38.9 Å². The standard InChI is InChI=1S/C10H18F3NO2/c1-7(9(15)16-3)6-8(2)14-5-4-10(11,12)13/h7-8,14H,4-6H2,1-3H3. The summed E-state index contributed by atoms with van der Waals surface area (Å²) in [6.45, 7) is 3.31. The molecule has 0 saturated heterocycles. The minimum Gasteiger partial charge on any atom is -0.469 e. The van der Waals surface area contributed by atoms with Crippen molar-refractivity contribution in [2.24, 2.45) is 5.92 Å². The largest absolute Gasteiger partial charge is 0.469 e. The molecular weight excluding hydrogens is 223 g/mol. The molecular formula is C10H18F3NO2. The third-order valence-electron chi connectivity index (χ3n) is 2.21. The summed E-state index contributed by atoms with van der Waals surface area (Å²) in [6.07, 6.45) is -4.53. The van der Waals surface area contributed by atoms with Gasteiger partial charge in [-0.1, -0.05) is 6.92 Å². The first kappa shape index (κ1) is 15.2. The number of rotatable bonds is 6. The Bertz CT molecular complexity index is 219. The van der Waals surface area contributed by atoms with Crippen LogP contribution in [0.1, 0.15) is 26.7 Å². The molecule has 0 rings (SSSR count). The highest BCUT2D eigenvalue weighted by Crippen LogP contribution is 2.18. The lowest BCUT2D eigenvalue weighted by Gasteiger charge is -2.17. The topological polar surface area (TPSA) is 38.3 Å². The normalized spacial score (nSPS) is 15.6. The zero-order chi connectivity index (χ0) is 12.8. The number of hydrogen-bond donors (Lipinski definition) is 1. The molecule has 6 heteroatoms. The van der Waals surface area contributed by atoms with Gasteiger partial charge >= 0.3 is 12.1 Å². The van der Waals surface area contributed by atoms with Crippen molar-refractivity contribution < 1.29 is 22.7 Å². The summed E-state index contributed by atoms with van der Waals surface area (Å²) < 4.78 is 40.0. The molecule has 0 fully saturated rings. The summed E-state index contributed by atoms with van der Waals surface area (Å²) >= 11 is 0. The van der Waals surface area contributed by atoms with Gasteiger partial charge in [0.05, 0.1) is 19.4 Å². The molecule has 0 aliphatic rings. The highest BCUT2D eigenvalue weighted by atomic mass is 19.4. The van der Waals surface area contributed by atoms with Crippen LogP contribution < -0.4 is 5.32 Å². The Morgan fingerprint density at radius 1 is 1.38 bits per heavy atom. The fraction of sp³-hybridized carbons (Fsp3) is 0.900. The van der Waals surface area contributed by atoms with Crippen molar-refractivity contribution in [1.82, 2.24) is 5.32 Å². The molecule has 0 spiro atoms. The molecule has 2 atom stereocenters. The molecule has 0 aliphatic heterocycles. The van der Waals surface area contributed by atoms with Crippen LogP contribution in [0.5, 0.6) is 0 Å². The zero-order valence-corrected chi connectivity index (χ0v) is 9.73. The maximum atomic E-state index is 11.8. The van der Waals surface area contributed by atoms with Crippen LogP contribution in [0.2, 0.25) is 0 Å². The van der Waals surface area contributed by atoms with Crippen LogP contribution in [0.3, 0.4) is 0 Å². The quantitative estimate of drug-likeness (QED) is 0.724. The van der Waals surface area contributed by atoms with E-state index in [4.69, 9.17) is 0 Å². The lowest BCUT2D eigenvalue weighted by molar-refractivity contribution is -0.145. The van der Waals surface area contributed by atoms with E-state index in [-0.39, 0.29) is 24.5 Å². The molecule has 96 valence electrons. The van der Waals surface area contributed by atoms with Crippen molar-refractivity contribution in [1.29, 1.82) is 0 Å². The minimum atomic E-state index is -4.14. The highest BCUT2D eigenvalue weighted by Gasteiger charge is 2.26. The monoisotopic (exact) mass is 241 g/mol. The maximum Gasteiger partial charge on any atom is 0.390 e. The van der Waals surface area contributed by atoms with E-state index in [2.05, 4.69) is 10.1 Å². The van der Waals surface area contributed by atoms with E-state index < -0.39 is 12.6 Å². The summed E-state index contributed by atoms with van der Waals surface area (Å²) in [5.74, 6) is -0.650. The Kier molecular flexibility index (Phi) is 6.40. The number of alkyl halides is 3. The Hall–Kier alpha value is -0.780. The zero-order valence-electron chi connectivity index (χ0n) is 9.73. The third-order valence-corrected chi connectivity index (χ3v) is 2.21. The smallest absolute Gasteiger partial charge is 0.390 e. The Morgan fingerprint density at radius 3 is 2.38 bits per heavy atom. The van der Waals surface area contributed by atoms with Gasteiger partial charge in [0, 0.05) is 12.6 Å². The van der Waals surface area contributed by atoms with Gasteiger partial charge in [-0.2, -0.15) is 13.2 Å². The van der Waals surface area contributed by atoms with Crippen LogP contribution in [0.25, 0.3) is 0 Å². The van der Waals surface area contributed by atoms with E-state index in [9.17, 15) is 18.0 Å². The second-order valence-electron chi connectivity index (χ2n) is 3.88. The Balaban J connectivity index is 3.74. The number of carbonyl (C=O) groups is 1. The molecule has 0 amide bonds. The predicted molar refractivity (Wildman–Crippen MR) is 53.9 cm³/mol. The fourth-order valence-electron chi connectivity index (χ4n) is 1.37. The van der Waals surface area contributed by atoms with Crippen molar-refractivity contribution in [2.75, 3.05) is 13.7 Å². The molecule has 0 saturated carbocycles. The van der Waals surface area contributed by atoms with Crippen LogP contribution in [-0.2, 0) is 9.53 Å². The lowest BCUT2D eigenvalue weighted by Crippen LogP contribution is -2.32. The first-order valence-corrected chi connectivity index (χ1v) is 5.14. The number of ether oxygens (including phenoxy) is 1. The number of esters is 1. The molecule has 0 heterocycles. The van der Waals surface area contributed by atoms with E-state index in [0.29, 0.717) is 6.42 Å². The van der Waals surface area contributed by atoms with Gasteiger partial charge in [-0.25, -0.2) is 0 Å². The molecule has 0 aromatic rings. The second kappa shape index (κ2) is 6.73. The summed E-state index contributed by atoms with van der Waals surface area (Å²) in [5.41, 5.74) is 0. The molecule has 16 heavy (non-hydrogen) atoms. The SMILES string of the molecule is COC(=O)C(C)CC(C)NCCC(F)(F)F. The minimum absolute atomic E-state index is 0.126. The number of carbonyl (C=O) groups excluding carboxylic acids is 1. The number of methoxy groups -OCH3 is 1. The van der Waals surface area contributed by atoms with Gasteiger partial charge in [-0.3, -0.25) is 4.79 Å². The van der Waals surface area contributed by atoms with Gasteiger partial charge in [-0.15, -0.1) is 0 Å². The first-order valence-electron chi connectivity index (χ1n) is 5.14. The van der Waals surface area contributed by atoms with Gasteiger partial charge < -0.3 is 10.1 Å². The summed E-state index contributed by atoms with van der Waals surface area (Å²) in [7, 11) is 1.29. The molecule has 0 aliphatic carbocycles. The summed E-state index contributed by atoms with van der Waals surface area (Å²) in [5, 5.41) is 2.72. The van der Waals surface area contributed by atoms with Gasteiger partial charge in [0.1, 0.15) is 0 Å². The molecule has 3 nitrogen and oxygen atoms in total. The van der Waals surface area contributed by atoms with E-state index in [1.54, 1.807) is 13.8 Å². The van der Waals surface area contributed by atoms with Crippen LogP contribution in [0.15, 0.2) is 0 Å². The molecule has 0 aromatic heterocycles. The number of hydrogen-bond acceptors (Lipinski definition) is 3. The molecule has 2 unspecified atom stereocenters. The van der Waals surface area contributed by atoms with Gasteiger partial charge in [0.15, 0.2) is 0 Å². The molecule has 0 radical (unpaired) electrons. The highest BCUT2D eigenvalue weighted by molar-refractivity contribution is 5.71. The van der Waals surface area contributed by atoms with Crippen molar-refractivity contribution >= 4 is 5.97 Å².